The molecule has 3 aromatic rings. The summed E-state index contributed by atoms with van der Waals surface area (Å²) in [5.74, 6) is -3.92. The van der Waals surface area contributed by atoms with Crippen LogP contribution in [0.2, 0.25) is 0 Å². The van der Waals surface area contributed by atoms with Crippen LogP contribution in [0.1, 0.15) is 95.2 Å². The number of nitrogens with zero attached hydrogens (tertiary/aromatic N) is 5. The molecule has 3 aromatic carbocycles. The third kappa shape index (κ3) is 17.7. The van der Waals surface area contributed by atoms with E-state index in [2.05, 4.69) is 58.4 Å². The van der Waals surface area contributed by atoms with Gasteiger partial charge in [0, 0.05) is 91.2 Å². The van der Waals surface area contributed by atoms with Gasteiger partial charge in [0.1, 0.15) is 49.2 Å². The Kier molecular flexibility index (Phi) is 24.1. The Labute approximate surface area is 515 Å². The van der Waals surface area contributed by atoms with Crippen LogP contribution in [0.5, 0.6) is 11.5 Å². The lowest BCUT2D eigenvalue weighted by molar-refractivity contribution is -0.386. The van der Waals surface area contributed by atoms with Crippen molar-refractivity contribution in [2.45, 2.75) is 91.3 Å². The number of imide groups is 1. The molecule has 1 fully saturated rings. The SMILES string of the molecule is CCN(CC)c1ccc2c(-c3ccccc3C(=O)N3CCCC3C(=O)NC(CS(=O)(=O)[O-])C(=O)NCCCCCC(=O)NCCOc3cc([N+](=O)[O-])c(C(C)OC(=O)NCCOCCN4C(=O)C=CC4=O)cc3OC)c3ccc(=[N+](CC)CC)cc-3oc2c1. The van der Waals surface area contributed by atoms with Gasteiger partial charge in [-0.2, -0.15) is 0 Å². The lowest BCUT2D eigenvalue weighted by Gasteiger charge is -2.28. The van der Waals surface area contributed by atoms with Crippen molar-refractivity contribution in [3.63, 3.8) is 0 Å². The van der Waals surface area contributed by atoms with Crippen LogP contribution in [-0.2, 0) is 43.6 Å². The second-order valence-electron chi connectivity index (χ2n) is 21.0. The van der Waals surface area contributed by atoms with Gasteiger partial charge in [0.25, 0.3) is 23.4 Å². The fourth-order valence-corrected chi connectivity index (χ4v) is 11.4. The van der Waals surface area contributed by atoms with Crippen molar-refractivity contribution in [3.8, 4) is 33.9 Å². The highest BCUT2D eigenvalue weighted by Gasteiger charge is 2.38. The average Bonchev–Trinajstić information content (AvgIpc) is 1.71. The van der Waals surface area contributed by atoms with Crippen molar-refractivity contribution in [1.82, 2.24) is 35.6 Å². The molecular weight excluding hydrogens is 1170 g/mol. The fraction of sp³-hybridized carbons (Fsp3) is 0.452. The molecule has 4 aliphatic rings. The van der Waals surface area contributed by atoms with Crippen molar-refractivity contribution in [2.75, 3.05) is 96.5 Å². The van der Waals surface area contributed by atoms with Crippen LogP contribution in [0.15, 0.2) is 89.4 Å². The van der Waals surface area contributed by atoms with Crippen LogP contribution < -0.4 is 45.6 Å². The first kappa shape index (κ1) is 67.6. The normalized spacial score (nSPS) is 14.6. The maximum absolute atomic E-state index is 14.9. The molecule has 1 saturated heterocycles. The summed E-state index contributed by atoms with van der Waals surface area (Å²) in [6.45, 7) is 13.1. The number of carbonyl (C=O) groups is 7. The first-order valence-corrected chi connectivity index (χ1v) is 31.3. The molecule has 26 nitrogen and oxygen atoms in total. The Bertz CT molecular complexity index is 3580. The summed E-state index contributed by atoms with van der Waals surface area (Å²) < 4.78 is 67.1. The molecule has 4 N–H and O–H groups in total. The molecule has 478 valence electrons. The minimum Gasteiger partial charge on any atom is -0.748 e. The van der Waals surface area contributed by atoms with E-state index in [1.54, 1.807) is 12.1 Å². The first-order chi connectivity index (χ1) is 42.7. The molecule has 3 unspecified atom stereocenters. The summed E-state index contributed by atoms with van der Waals surface area (Å²) in [7, 11) is -3.73. The smallest absolute Gasteiger partial charge is 0.407 e. The fourth-order valence-electron chi connectivity index (χ4n) is 10.8. The highest BCUT2D eigenvalue weighted by Crippen LogP contribution is 2.43. The van der Waals surface area contributed by atoms with Gasteiger partial charge in [0.2, 0.25) is 23.1 Å². The first-order valence-electron chi connectivity index (χ1n) is 29.8. The molecule has 7 rings (SSSR count). The Morgan fingerprint density at radius 2 is 1.56 bits per heavy atom. The maximum atomic E-state index is 14.9. The van der Waals surface area contributed by atoms with Gasteiger partial charge in [0.15, 0.2) is 11.5 Å². The molecule has 3 aliphatic heterocycles. The monoisotopic (exact) mass is 1250 g/mol. The number of anilines is 1. The lowest BCUT2D eigenvalue weighted by Crippen LogP contribution is -2.55. The summed E-state index contributed by atoms with van der Waals surface area (Å²) in [5.41, 5.74) is 3.64. The van der Waals surface area contributed by atoms with Crippen LogP contribution in [0.4, 0.5) is 16.2 Å². The van der Waals surface area contributed by atoms with E-state index >= 15 is 0 Å². The molecule has 0 bridgehead atoms. The molecule has 3 heterocycles. The average molecular weight is 1250 g/mol. The number of nitrogens with one attached hydrogen (secondary N) is 4. The summed E-state index contributed by atoms with van der Waals surface area (Å²) in [5, 5.41) is 24.1. The number of nitro groups is 1. The highest BCUT2D eigenvalue weighted by atomic mass is 32.2. The zero-order valence-corrected chi connectivity index (χ0v) is 51.7. The van der Waals surface area contributed by atoms with E-state index < -0.39 is 80.3 Å². The minimum absolute atomic E-state index is 0.00118. The van der Waals surface area contributed by atoms with Crippen molar-refractivity contribution in [2.24, 2.45) is 0 Å². The molecule has 3 atom stereocenters. The van der Waals surface area contributed by atoms with E-state index in [9.17, 15) is 56.6 Å². The van der Waals surface area contributed by atoms with Gasteiger partial charge in [-0.3, -0.25) is 43.8 Å². The Morgan fingerprint density at radius 1 is 0.831 bits per heavy atom. The number of alkyl carbamates (subject to hydrolysis) is 1. The van der Waals surface area contributed by atoms with Gasteiger partial charge in [-0.15, -0.1) is 0 Å². The lowest BCUT2D eigenvalue weighted by atomic mass is 9.90. The number of methoxy groups -OCH3 is 1. The van der Waals surface area contributed by atoms with Crippen molar-refractivity contribution in [1.29, 1.82) is 0 Å². The Morgan fingerprint density at radius 3 is 2.26 bits per heavy atom. The quantitative estimate of drug-likeness (QED) is 0.00836. The Balaban J connectivity index is 0.888. The molecular formula is C62H77N9O17S. The third-order valence-corrected chi connectivity index (χ3v) is 16.1. The zero-order chi connectivity index (χ0) is 64.4. The Hall–Kier alpha value is -8.95. The van der Waals surface area contributed by atoms with Crippen LogP contribution in [0, 0.1) is 10.1 Å². The molecule has 27 heteroatoms. The number of unbranched alkanes of at least 4 members (excludes halogenated alkanes) is 2. The van der Waals surface area contributed by atoms with Crippen LogP contribution in [0.25, 0.3) is 33.4 Å². The predicted octanol–water partition coefficient (Wildman–Crippen LogP) is 5.01. The molecule has 1 aliphatic carbocycles. The van der Waals surface area contributed by atoms with Gasteiger partial charge in [-0.1, -0.05) is 24.6 Å². The van der Waals surface area contributed by atoms with Crippen LogP contribution >= 0.6 is 0 Å². The standard InChI is InChI=1S/C62H77N9O17S/c1-7-67(8-2)41-21-23-45-51(35-41)88-52-36-42(68(9-3)10-4)22-24-46(52)58(45)43-17-13-14-18-44(43)61(77)69-30-16-19-49(69)60(76)66-48(39-89(81,82)83)59(75)64-27-15-11-12-20-55(72)63-29-33-86-54-38-50(71(79)80)47(37-53(54)84-6)40(5)87-62(78)65-28-32-85-34-31-70-56(73)25-26-57(70)74/h13-14,17-18,21-26,35-38,40,48-49H,7-12,15-16,19-20,27-34,39H2,1-6H3,(H4-,63,64,65,66,72,75,76,78,81,82,83). The van der Waals surface area contributed by atoms with Gasteiger partial charge >= 0.3 is 6.09 Å². The number of fused-ring (bicyclic) bond motifs is 2. The van der Waals surface area contributed by atoms with E-state index in [1.807, 2.05) is 48.5 Å². The largest absolute Gasteiger partial charge is 0.748 e. The number of likely N-dealkylation sites (tertiary alicyclic amines) is 1. The van der Waals surface area contributed by atoms with E-state index in [0.717, 1.165) is 76.9 Å². The molecule has 0 saturated carbocycles. The van der Waals surface area contributed by atoms with E-state index in [1.165, 1.54) is 25.0 Å². The van der Waals surface area contributed by atoms with E-state index in [4.69, 9.17) is 23.4 Å². The number of rotatable bonds is 32. The van der Waals surface area contributed by atoms with Gasteiger partial charge in [-0.05, 0) is 96.2 Å². The number of amides is 7. The second-order valence-corrected chi connectivity index (χ2v) is 22.5. The minimum atomic E-state index is -5.04. The molecule has 7 amide bonds. The molecule has 0 aromatic heterocycles. The van der Waals surface area contributed by atoms with E-state index in [0.29, 0.717) is 48.2 Å². The number of hydrogen-bond acceptors (Lipinski definition) is 18. The van der Waals surface area contributed by atoms with Crippen molar-refractivity contribution < 1.29 is 74.8 Å². The van der Waals surface area contributed by atoms with Gasteiger partial charge < -0.3 is 59.0 Å². The topological polar surface area (TPSA) is 331 Å². The molecule has 89 heavy (non-hydrogen) atoms. The number of hydrogen-bond donors (Lipinski definition) is 4. The number of carbonyl (C=O) groups excluding carboxylic acids is 7. The zero-order valence-electron chi connectivity index (χ0n) is 50.8. The number of nitro benzene ring substituents is 1. The third-order valence-electron chi connectivity index (χ3n) is 15.4. The summed E-state index contributed by atoms with van der Waals surface area (Å²) in [4.78, 5) is 107. The molecule has 0 spiro atoms. The number of ether oxygens (including phenoxy) is 4. The van der Waals surface area contributed by atoms with E-state index in [-0.39, 0.29) is 88.4 Å². The van der Waals surface area contributed by atoms with Crippen LogP contribution in [-0.4, -0.2) is 173 Å². The van der Waals surface area contributed by atoms with Gasteiger partial charge in [0.05, 0.1) is 71.9 Å². The van der Waals surface area contributed by atoms with Gasteiger partial charge in [-0.25, -0.2) is 17.8 Å². The summed E-state index contributed by atoms with van der Waals surface area (Å²) >= 11 is 0. The molecule has 0 radical (unpaired) electrons. The van der Waals surface area contributed by atoms with Crippen LogP contribution in [0.3, 0.4) is 0 Å². The second kappa shape index (κ2) is 31.8. The highest BCUT2D eigenvalue weighted by molar-refractivity contribution is 7.85. The van der Waals surface area contributed by atoms with Crippen molar-refractivity contribution in [3.05, 3.63) is 112 Å². The summed E-state index contributed by atoms with van der Waals surface area (Å²) in [6, 6.07) is 18.8. The number of benzene rings is 4. The summed E-state index contributed by atoms with van der Waals surface area (Å²) in [6.07, 6.45) is 2.19. The van der Waals surface area contributed by atoms with Crippen molar-refractivity contribution >= 4 is 74.0 Å². The predicted molar refractivity (Wildman–Crippen MR) is 328 cm³/mol. The maximum Gasteiger partial charge on any atom is 0.407 e.